The summed E-state index contributed by atoms with van der Waals surface area (Å²) in [5.41, 5.74) is 3.73. The van der Waals surface area contributed by atoms with Gasteiger partial charge in [0.15, 0.2) is 0 Å². The average Bonchev–Trinajstić information content (AvgIpc) is 2.37. The highest BCUT2D eigenvalue weighted by Gasteiger charge is 2.10. The zero-order valence-corrected chi connectivity index (χ0v) is 13.1. The third kappa shape index (κ3) is 4.87. The minimum absolute atomic E-state index is 0. The highest BCUT2D eigenvalue weighted by atomic mass is 35.5. The quantitative estimate of drug-likeness (QED) is 0.780. The molecule has 0 fully saturated rings. The molecule has 0 saturated heterocycles. The SMILES string of the molecule is Cc1ccc(C(=O)OCc2ccccc2)c(C)c1.Cl.Cl. The first-order chi connectivity index (χ1) is 8.66. The summed E-state index contributed by atoms with van der Waals surface area (Å²) in [4.78, 5) is 11.9. The van der Waals surface area contributed by atoms with Gasteiger partial charge in [-0.3, -0.25) is 0 Å². The Bertz CT molecular complexity index is 554. The van der Waals surface area contributed by atoms with E-state index in [4.69, 9.17) is 4.74 Å². The first-order valence-electron chi connectivity index (χ1n) is 5.95. The summed E-state index contributed by atoms with van der Waals surface area (Å²) < 4.78 is 5.30. The number of esters is 1. The molecular weight excluding hydrogens is 295 g/mol. The molecule has 0 aliphatic rings. The van der Waals surface area contributed by atoms with Crippen LogP contribution in [0, 0.1) is 13.8 Å². The lowest BCUT2D eigenvalue weighted by atomic mass is 10.1. The molecule has 0 unspecified atom stereocenters. The van der Waals surface area contributed by atoms with Gasteiger partial charge in [0.05, 0.1) is 5.56 Å². The van der Waals surface area contributed by atoms with Crippen molar-refractivity contribution in [3.05, 3.63) is 70.8 Å². The molecule has 2 nitrogen and oxygen atoms in total. The molecule has 0 N–H and O–H groups in total. The lowest BCUT2D eigenvalue weighted by molar-refractivity contribution is 0.0472. The maximum absolute atomic E-state index is 11.9. The fourth-order valence-electron chi connectivity index (χ4n) is 1.84. The Labute approximate surface area is 132 Å². The van der Waals surface area contributed by atoms with Crippen LogP contribution in [0.3, 0.4) is 0 Å². The van der Waals surface area contributed by atoms with Crippen LogP contribution < -0.4 is 0 Å². The van der Waals surface area contributed by atoms with E-state index in [2.05, 4.69) is 0 Å². The Kier molecular flexibility index (Phi) is 7.97. The van der Waals surface area contributed by atoms with E-state index in [9.17, 15) is 4.79 Å². The van der Waals surface area contributed by atoms with Crippen LogP contribution in [0.4, 0.5) is 0 Å². The van der Waals surface area contributed by atoms with Crippen LogP contribution in [0.15, 0.2) is 48.5 Å². The monoisotopic (exact) mass is 312 g/mol. The zero-order chi connectivity index (χ0) is 13.0. The summed E-state index contributed by atoms with van der Waals surface area (Å²) in [5.74, 6) is -0.267. The zero-order valence-electron chi connectivity index (χ0n) is 11.5. The molecule has 2 aromatic carbocycles. The molecular formula is C16H18Cl2O2. The molecule has 0 bridgehead atoms. The van der Waals surface area contributed by atoms with E-state index in [1.165, 1.54) is 0 Å². The van der Waals surface area contributed by atoms with Gasteiger partial charge in [0.25, 0.3) is 0 Å². The van der Waals surface area contributed by atoms with Gasteiger partial charge in [-0.15, -0.1) is 24.8 Å². The van der Waals surface area contributed by atoms with Crippen LogP contribution in [-0.2, 0) is 11.3 Å². The van der Waals surface area contributed by atoms with Gasteiger partial charge in [0.2, 0.25) is 0 Å². The van der Waals surface area contributed by atoms with E-state index >= 15 is 0 Å². The second-order valence-electron chi connectivity index (χ2n) is 4.38. The molecule has 4 heteroatoms. The predicted octanol–water partition coefficient (Wildman–Crippen LogP) is 4.50. The van der Waals surface area contributed by atoms with Crippen LogP contribution in [0.5, 0.6) is 0 Å². The summed E-state index contributed by atoms with van der Waals surface area (Å²) in [6, 6.07) is 15.4. The summed E-state index contributed by atoms with van der Waals surface area (Å²) in [6.45, 7) is 4.24. The van der Waals surface area contributed by atoms with E-state index < -0.39 is 0 Å². The second-order valence-corrected chi connectivity index (χ2v) is 4.38. The Morgan fingerprint density at radius 1 is 1.00 bits per heavy atom. The maximum Gasteiger partial charge on any atom is 0.338 e. The number of hydrogen-bond donors (Lipinski definition) is 0. The third-order valence-corrected chi connectivity index (χ3v) is 2.81. The van der Waals surface area contributed by atoms with E-state index in [0.717, 1.165) is 16.7 Å². The topological polar surface area (TPSA) is 26.3 Å². The largest absolute Gasteiger partial charge is 0.457 e. The first kappa shape index (κ1) is 18.5. The molecule has 2 rings (SSSR count). The molecule has 0 spiro atoms. The average molecular weight is 313 g/mol. The number of carbonyl (C=O) groups excluding carboxylic acids is 1. The van der Waals surface area contributed by atoms with Crippen LogP contribution in [0.25, 0.3) is 0 Å². The number of aryl methyl sites for hydroxylation is 2. The van der Waals surface area contributed by atoms with Crippen molar-refractivity contribution < 1.29 is 9.53 Å². The number of rotatable bonds is 3. The number of hydrogen-bond acceptors (Lipinski definition) is 2. The van der Waals surface area contributed by atoms with Crippen molar-refractivity contribution in [2.24, 2.45) is 0 Å². The van der Waals surface area contributed by atoms with E-state index in [1.807, 2.05) is 62.4 Å². The van der Waals surface area contributed by atoms with Gasteiger partial charge in [-0.05, 0) is 31.0 Å². The summed E-state index contributed by atoms with van der Waals surface area (Å²) in [7, 11) is 0. The van der Waals surface area contributed by atoms with Crippen LogP contribution >= 0.6 is 24.8 Å². The molecule has 0 aromatic heterocycles. The molecule has 108 valence electrons. The lowest BCUT2D eigenvalue weighted by Gasteiger charge is -2.07. The molecule has 0 amide bonds. The van der Waals surface area contributed by atoms with Gasteiger partial charge in [0.1, 0.15) is 6.61 Å². The second kappa shape index (κ2) is 8.62. The normalized spacial score (nSPS) is 9.10. The Balaban J connectivity index is 0.00000180. The van der Waals surface area contributed by atoms with Crippen LogP contribution in [0.2, 0.25) is 0 Å². The summed E-state index contributed by atoms with van der Waals surface area (Å²) in [5, 5.41) is 0. The highest BCUT2D eigenvalue weighted by Crippen LogP contribution is 2.13. The maximum atomic E-state index is 11.9. The van der Waals surface area contributed by atoms with Crippen molar-refractivity contribution in [2.45, 2.75) is 20.5 Å². The molecule has 0 aliphatic carbocycles. The van der Waals surface area contributed by atoms with Gasteiger partial charge in [0, 0.05) is 0 Å². The van der Waals surface area contributed by atoms with Crippen LogP contribution in [0.1, 0.15) is 27.0 Å². The van der Waals surface area contributed by atoms with E-state index in [-0.39, 0.29) is 30.8 Å². The van der Waals surface area contributed by atoms with Crippen molar-refractivity contribution in [2.75, 3.05) is 0 Å². The van der Waals surface area contributed by atoms with Gasteiger partial charge in [-0.1, -0.05) is 48.0 Å². The number of halogens is 2. The summed E-state index contributed by atoms with van der Waals surface area (Å²) >= 11 is 0. The smallest absolute Gasteiger partial charge is 0.338 e. The Hall–Kier alpha value is -1.51. The number of benzene rings is 2. The minimum atomic E-state index is -0.267. The predicted molar refractivity (Wildman–Crippen MR) is 86.0 cm³/mol. The molecule has 0 aliphatic heterocycles. The first-order valence-corrected chi connectivity index (χ1v) is 5.95. The van der Waals surface area contributed by atoms with Crippen molar-refractivity contribution in [1.82, 2.24) is 0 Å². The van der Waals surface area contributed by atoms with Gasteiger partial charge >= 0.3 is 5.97 Å². The van der Waals surface area contributed by atoms with E-state index in [0.29, 0.717) is 12.2 Å². The molecule has 0 heterocycles. The van der Waals surface area contributed by atoms with Gasteiger partial charge in [-0.2, -0.15) is 0 Å². The molecule has 0 radical (unpaired) electrons. The van der Waals surface area contributed by atoms with Crippen molar-refractivity contribution in [3.8, 4) is 0 Å². The summed E-state index contributed by atoms with van der Waals surface area (Å²) in [6.07, 6.45) is 0. The fourth-order valence-corrected chi connectivity index (χ4v) is 1.84. The van der Waals surface area contributed by atoms with Gasteiger partial charge < -0.3 is 4.74 Å². The molecule has 20 heavy (non-hydrogen) atoms. The van der Waals surface area contributed by atoms with Crippen molar-refractivity contribution >= 4 is 30.8 Å². The van der Waals surface area contributed by atoms with Gasteiger partial charge in [-0.25, -0.2) is 4.79 Å². The Morgan fingerprint density at radius 3 is 2.25 bits per heavy atom. The molecule has 0 atom stereocenters. The highest BCUT2D eigenvalue weighted by molar-refractivity contribution is 5.91. The number of carbonyl (C=O) groups is 1. The Morgan fingerprint density at radius 2 is 1.65 bits per heavy atom. The number of ether oxygens (including phenoxy) is 1. The fraction of sp³-hybridized carbons (Fsp3) is 0.188. The minimum Gasteiger partial charge on any atom is -0.457 e. The van der Waals surface area contributed by atoms with Crippen LogP contribution in [-0.4, -0.2) is 5.97 Å². The molecule has 2 aromatic rings. The van der Waals surface area contributed by atoms with Crippen molar-refractivity contribution in [3.63, 3.8) is 0 Å². The lowest BCUT2D eigenvalue weighted by Crippen LogP contribution is -2.07. The standard InChI is InChI=1S/C16H16O2.2ClH/c1-12-8-9-15(13(2)10-12)16(17)18-11-14-6-4-3-5-7-14;;/h3-10H,11H2,1-2H3;2*1H. The molecule has 0 saturated carbocycles. The van der Waals surface area contributed by atoms with Crippen molar-refractivity contribution in [1.29, 1.82) is 0 Å². The van der Waals surface area contributed by atoms with E-state index in [1.54, 1.807) is 0 Å². The third-order valence-electron chi connectivity index (χ3n) is 2.81.